The molecule has 1 atom stereocenters. The normalized spacial score (nSPS) is 21.1. The predicted molar refractivity (Wildman–Crippen MR) is 67.7 cm³/mol. The molecule has 0 saturated carbocycles. The monoisotopic (exact) mass is 220 g/mol. The molecule has 3 nitrogen and oxygen atoms in total. The number of ether oxygens (including phenoxy) is 1. The lowest BCUT2D eigenvalue weighted by Gasteiger charge is -2.37. The van der Waals surface area contributed by atoms with Crippen molar-refractivity contribution < 1.29 is 4.74 Å². The molecular weight excluding hydrogens is 200 g/mol. The van der Waals surface area contributed by atoms with Gasteiger partial charge in [0.1, 0.15) is 0 Å². The molecule has 0 spiro atoms. The number of hydrogen-bond acceptors (Lipinski definition) is 3. The Morgan fingerprint density at radius 3 is 2.94 bits per heavy atom. The number of benzene rings is 1. The highest BCUT2D eigenvalue weighted by Crippen LogP contribution is 2.29. The van der Waals surface area contributed by atoms with Crippen LogP contribution in [0.1, 0.15) is 19.3 Å². The van der Waals surface area contributed by atoms with Gasteiger partial charge in [-0.25, -0.2) is 0 Å². The number of nitrogens with zero attached hydrogens (tertiary/aromatic N) is 1. The summed E-state index contributed by atoms with van der Waals surface area (Å²) in [6, 6.07) is 8.57. The van der Waals surface area contributed by atoms with Gasteiger partial charge in [-0.3, -0.25) is 0 Å². The topological polar surface area (TPSA) is 38.5 Å². The van der Waals surface area contributed by atoms with Crippen LogP contribution in [0.5, 0.6) is 0 Å². The SMILES string of the molecule is COC[C@H]1CCCCN1c1ccccc1N. The minimum absolute atomic E-state index is 0.475. The third-order valence-electron chi connectivity index (χ3n) is 3.23. The fourth-order valence-corrected chi connectivity index (χ4v) is 2.43. The van der Waals surface area contributed by atoms with E-state index in [1.165, 1.54) is 19.3 Å². The van der Waals surface area contributed by atoms with Crippen molar-refractivity contribution in [2.45, 2.75) is 25.3 Å². The maximum Gasteiger partial charge on any atom is 0.0666 e. The van der Waals surface area contributed by atoms with Crippen molar-refractivity contribution in [3.63, 3.8) is 0 Å². The van der Waals surface area contributed by atoms with E-state index in [0.717, 1.165) is 24.5 Å². The van der Waals surface area contributed by atoms with Gasteiger partial charge in [-0.2, -0.15) is 0 Å². The molecule has 88 valence electrons. The number of nitrogen functional groups attached to an aromatic ring is 1. The van der Waals surface area contributed by atoms with E-state index in [0.29, 0.717) is 6.04 Å². The fourth-order valence-electron chi connectivity index (χ4n) is 2.43. The van der Waals surface area contributed by atoms with E-state index in [-0.39, 0.29) is 0 Å². The third kappa shape index (κ3) is 2.30. The van der Waals surface area contributed by atoms with Crippen molar-refractivity contribution in [1.82, 2.24) is 0 Å². The zero-order chi connectivity index (χ0) is 11.4. The second-order valence-electron chi connectivity index (χ2n) is 4.36. The average Bonchev–Trinajstić information content (AvgIpc) is 2.31. The standard InChI is InChI=1S/C13H20N2O/c1-16-10-11-6-4-5-9-15(11)13-8-3-2-7-12(13)14/h2-3,7-8,11H,4-6,9-10,14H2,1H3/t11-/m1/s1. The molecule has 1 aromatic rings. The molecule has 1 saturated heterocycles. The second-order valence-corrected chi connectivity index (χ2v) is 4.36. The summed E-state index contributed by atoms with van der Waals surface area (Å²) in [5, 5.41) is 0. The first-order valence-corrected chi connectivity index (χ1v) is 5.93. The summed E-state index contributed by atoms with van der Waals surface area (Å²) in [7, 11) is 1.77. The van der Waals surface area contributed by atoms with E-state index in [9.17, 15) is 0 Å². The van der Waals surface area contributed by atoms with E-state index in [2.05, 4.69) is 11.0 Å². The van der Waals surface area contributed by atoms with Crippen molar-refractivity contribution in [2.24, 2.45) is 0 Å². The van der Waals surface area contributed by atoms with E-state index in [1.54, 1.807) is 7.11 Å². The molecule has 0 unspecified atom stereocenters. The third-order valence-corrected chi connectivity index (χ3v) is 3.23. The van der Waals surface area contributed by atoms with Gasteiger partial charge >= 0.3 is 0 Å². The smallest absolute Gasteiger partial charge is 0.0666 e. The first-order chi connectivity index (χ1) is 7.83. The Hall–Kier alpha value is -1.22. The predicted octanol–water partition coefficient (Wildman–Crippen LogP) is 2.27. The average molecular weight is 220 g/mol. The van der Waals surface area contributed by atoms with Crippen LogP contribution in [0.25, 0.3) is 0 Å². The van der Waals surface area contributed by atoms with Gasteiger partial charge in [0, 0.05) is 13.7 Å². The van der Waals surface area contributed by atoms with Gasteiger partial charge in [0.15, 0.2) is 0 Å². The van der Waals surface area contributed by atoms with Crippen molar-refractivity contribution >= 4 is 11.4 Å². The maximum atomic E-state index is 6.03. The van der Waals surface area contributed by atoms with E-state index < -0.39 is 0 Å². The first kappa shape index (κ1) is 11.3. The van der Waals surface area contributed by atoms with Crippen LogP contribution in [0.2, 0.25) is 0 Å². The van der Waals surface area contributed by atoms with Crippen molar-refractivity contribution in [2.75, 3.05) is 30.9 Å². The highest BCUT2D eigenvalue weighted by atomic mass is 16.5. The molecule has 0 aromatic heterocycles. The molecule has 2 N–H and O–H groups in total. The summed E-state index contributed by atoms with van der Waals surface area (Å²) < 4.78 is 5.29. The Kier molecular flexibility index (Phi) is 3.67. The Morgan fingerprint density at radius 2 is 2.19 bits per heavy atom. The molecule has 3 heteroatoms. The Morgan fingerprint density at radius 1 is 1.38 bits per heavy atom. The van der Waals surface area contributed by atoms with Gasteiger partial charge < -0.3 is 15.4 Å². The fraction of sp³-hybridized carbons (Fsp3) is 0.538. The van der Waals surface area contributed by atoms with E-state index in [1.807, 2.05) is 18.2 Å². The van der Waals surface area contributed by atoms with E-state index >= 15 is 0 Å². The minimum Gasteiger partial charge on any atom is -0.397 e. The highest BCUT2D eigenvalue weighted by Gasteiger charge is 2.23. The van der Waals surface area contributed by atoms with Gasteiger partial charge in [0.25, 0.3) is 0 Å². The molecule has 1 aliphatic rings. The second kappa shape index (κ2) is 5.21. The lowest BCUT2D eigenvalue weighted by atomic mass is 10.0. The summed E-state index contributed by atoms with van der Waals surface area (Å²) in [4.78, 5) is 2.39. The van der Waals surface area contributed by atoms with Gasteiger partial charge in [-0.1, -0.05) is 12.1 Å². The van der Waals surface area contributed by atoms with Crippen LogP contribution in [0, 0.1) is 0 Å². The van der Waals surface area contributed by atoms with E-state index in [4.69, 9.17) is 10.5 Å². The van der Waals surface area contributed by atoms with Gasteiger partial charge in [-0.05, 0) is 31.4 Å². The Labute approximate surface area is 97.2 Å². The molecule has 0 amide bonds. The zero-order valence-electron chi connectivity index (χ0n) is 9.86. The molecule has 16 heavy (non-hydrogen) atoms. The summed E-state index contributed by atoms with van der Waals surface area (Å²) in [6.45, 7) is 1.87. The van der Waals surface area contributed by atoms with Crippen molar-refractivity contribution in [1.29, 1.82) is 0 Å². The lowest BCUT2D eigenvalue weighted by molar-refractivity contribution is 0.166. The van der Waals surface area contributed by atoms with Crippen molar-refractivity contribution in [3.05, 3.63) is 24.3 Å². The number of hydrogen-bond donors (Lipinski definition) is 1. The molecular formula is C13H20N2O. The zero-order valence-corrected chi connectivity index (χ0v) is 9.86. The lowest BCUT2D eigenvalue weighted by Crippen LogP contribution is -2.42. The summed E-state index contributed by atoms with van der Waals surface area (Å²) >= 11 is 0. The summed E-state index contributed by atoms with van der Waals surface area (Å²) in [5.74, 6) is 0. The number of piperidine rings is 1. The van der Waals surface area contributed by atoms with Crippen LogP contribution < -0.4 is 10.6 Å². The quantitative estimate of drug-likeness (QED) is 0.794. The van der Waals surface area contributed by atoms with Gasteiger partial charge in [0.2, 0.25) is 0 Å². The number of rotatable bonds is 3. The highest BCUT2D eigenvalue weighted by molar-refractivity contribution is 5.67. The number of para-hydroxylation sites is 2. The molecule has 1 aromatic carbocycles. The van der Waals surface area contributed by atoms with Crippen LogP contribution in [0.3, 0.4) is 0 Å². The number of methoxy groups -OCH3 is 1. The molecule has 2 rings (SSSR count). The molecule has 0 bridgehead atoms. The van der Waals surface area contributed by atoms with Crippen LogP contribution in [-0.4, -0.2) is 26.3 Å². The molecule has 0 aliphatic carbocycles. The van der Waals surface area contributed by atoms with Crippen LogP contribution in [0.4, 0.5) is 11.4 Å². The molecule has 1 aliphatic heterocycles. The summed E-state index contributed by atoms with van der Waals surface area (Å²) in [6.07, 6.45) is 3.73. The van der Waals surface area contributed by atoms with Crippen molar-refractivity contribution in [3.8, 4) is 0 Å². The molecule has 1 fully saturated rings. The minimum atomic E-state index is 0.475. The largest absolute Gasteiger partial charge is 0.397 e. The number of anilines is 2. The molecule has 0 radical (unpaired) electrons. The van der Waals surface area contributed by atoms with Crippen LogP contribution in [0.15, 0.2) is 24.3 Å². The Balaban J connectivity index is 2.19. The van der Waals surface area contributed by atoms with Gasteiger partial charge in [0.05, 0.1) is 24.0 Å². The summed E-state index contributed by atoms with van der Waals surface area (Å²) in [5.41, 5.74) is 8.05. The van der Waals surface area contributed by atoms with Gasteiger partial charge in [-0.15, -0.1) is 0 Å². The first-order valence-electron chi connectivity index (χ1n) is 5.93. The molecule has 1 heterocycles. The van der Waals surface area contributed by atoms with Crippen LogP contribution >= 0.6 is 0 Å². The Bertz CT molecular complexity index is 338. The van der Waals surface area contributed by atoms with Crippen LogP contribution in [-0.2, 0) is 4.74 Å². The maximum absolute atomic E-state index is 6.03. The number of nitrogens with two attached hydrogens (primary N) is 1.